The zero-order valence-electron chi connectivity index (χ0n) is 11.4. The van der Waals surface area contributed by atoms with E-state index in [0.717, 1.165) is 25.9 Å². The highest BCUT2D eigenvalue weighted by Crippen LogP contribution is 2.21. The molecule has 1 aromatic rings. The van der Waals surface area contributed by atoms with Crippen molar-refractivity contribution in [3.8, 4) is 0 Å². The van der Waals surface area contributed by atoms with Crippen LogP contribution in [0.4, 0.5) is 10.5 Å². The number of halogens is 1. The lowest BCUT2D eigenvalue weighted by molar-refractivity contribution is 0.0187. The predicted molar refractivity (Wildman–Crippen MR) is 81.7 cm³/mol. The Labute approximate surface area is 131 Å². The minimum Gasteiger partial charge on any atom is -0.478 e. The molecule has 0 aliphatic carbocycles. The van der Waals surface area contributed by atoms with Crippen LogP contribution in [-0.4, -0.2) is 36.4 Å². The van der Waals surface area contributed by atoms with E-state index in [2.05, 4.69) is 26.6 Å². The lowest BCUT2D eigenvalue weighted by Crippen LogP contribution is -2.38. The average molecular weight is 357 g/mol. The van der Waals surface area contributed by atoms with Gasteiger partial charge in [0, 0.05) is 17.6 Å². The normalized spacial score (nSPS) is 18.0. The van der Waals surface area contributed by atoms with Crippen LogP contribution in [0.3, 0.4) is 0 Å². The second-order valence-corrected chi connectivity index (χ2v) is 5.73. The number of hydrogen-bond acceptors (Lipinski definition) is 3. The first-order chi connectivity index (χ1) is 10.1. The summed E-state index contributed by atoms with van der Waals surface area (Å²) in [5, 5.41) is 14.4. The molecule has 0 bridgehead atoms. The van der Waals surface area contributed by atoms with Gasteiger partial charge < -0.3 is 20.5 Å². The average Bonchev–Trinajstić information content (AvgIpc) is 2.48. The Bertz CT molecular complexity index is 530. The van der Waals surface area contributed by atoms with Crippen molar-refractivity contribution in [3.63, 3.8) is 0 Å². The van der Waals surface area contributed by atoms with Gasteiger partial charge in [0.05, 0.1) is 17.4 Å². The third-order valence-electron chi connectivity index (χ3n) is 3.22. The number of anilines is 1. The van der Waals surface area contributed by atoms with Crippen LogP contribution in [0.15, 0.2) is 22.7 Å². The lowest BCUT2D eigenvalue weighted by atomic mass is 10.1. The minimum atomic E-state index is -1.10. The van der Waals surface area contributed by atoms with Gasteiger partial charge in [0.2, 0.25) is 0 Å². The second-order valence-electron chi connectivity index (χ2n) is 4.82. The molecule has 1 aliphatic rings. The summed E-state index contributed by atoms with van der Waals surface area (Å²) >= 11 is 3.21. The second kappa shape index (κ2) is 7.42. The fourth-order valence-corrected chi connectivity index (χ4v) is 2.50. The number of nitrogens with one attached hydrogen (secondary N) is 2. The van der Waals surface area contributed by atoms with Gasteiger partial charge in [0.25, 0.3) is 0 Å². The Balaban J connectivity index is 1.91. The van der Waals surface area contributed by atoms with E-state index in [1.54, 1.807) is 12.1 Å². The minimum absolute atomic E-state index is 0.0355. The number of urea groups is 1. The van der Waals surface area contributed by atoms with E-state index in [1.807, 2.05) is 0 Å². The summed E-state index contributed by atoms with van der Waals surface area (Å²) < 4.78 is 6.15. The molecular weight excluding hydrogens is 340 g/mol. The molecular formula is C14H17BrN2O4. The van der Waals surface area contributed by atoms with Crippen LogP contribution in [0.5, 0.6) is 0 Å². The zero-order valence-corrected chi connectivity index (χ0v) is 13.0. The van der Waals surface area contributed by atoms with E-state index >= 15 is 0 Å². The third kappa shape index (κ3) is 4.71. The number of carbonyl (C=O) groups is 2. The number of amides is 2. The van der Waals surface area contributed by atoms with Crippen LogP contribution >= 0.6 is 15.9 Å². The van der Waals surface area contributed by atoms with Crippen molar-refractivity contribution in [3.05, 3.63) is 28.2 Å². The maximum atomic E-state index is 11.8. The topological polar surface area (TPSA) is 87.7 Å². The summed E-state index contributed by atoms with van der Waals surface area (Å²) in [5.74, 6) is -1.10. The molecule has 2 amide bonds. The Morgan fingerprint density at radius 3 is 2.86 bits per heavy atom. The van der Waals surface area contributed by atoms with Crippen LogP contribution in [0.1, 0.15) is 29.6 Å². The van der Waals surface area contributed by atoms with E-state index in [-0.39, 0.29) is 17.4 Å². The molecule has 1 saturated heterocycles. The summed E-state index contributed by atoms with van der Waals surface area (Å²) in [5.41, 5.74) is 0.293. The highest BCUT2D eigenvalue weighted by atomic mass is 79.9. The molecule has 1 fully saturated rings. The monoisotopic (exact) mass is 356 g/mol. The SMILES string of the molecule is O=C(NCC1CCCCO1)Nc1ccc(Br)cc1C(=O)O. The molecule has 0 radical (unpaired) electrons. The molecule has 7 heteroatoms. The summed E-state index contributed by atoms with van der Waals surface area (Å²) in [4.78, 5) is 23.0. The molecule has 1 unspecified atom stereocenters. The fourth-order valence-electron chi connectivity index (χ4n) is 2.14. The van der Waals surface area contributed by atoms with Crippen molar-refractivity contribution in [1.29, 1.82) is 0 Å². The number of hydrogen-bond donors (Lipinski definition) is 3. The van der Waals surface area contributed by atoms with Gasteiger partial charge >= 0.3 is 12.0 Å². The first kappa shape index (κ1) is 15.8. The van der Waals surface area contributed by atoms with Crippen LogP contribution in [0, 0.1) is 0 Å². The zero-order chi connectivity index (χ0) is 15.2. The highest BCUT2D eigenvalue weighted by molar-refractivity contribution is 9.10. The van der Waals surface area contributed by atoms with Gasteiger partial charge in [0.1, 0.15) is 0 Å². The number of aromatic carboxylic acids is 1. The first-order valence-electron chi connectivity index (χ1n) is 6.75. The Morgan fingerprint density at radius 2 is 2.19 bits per heavy atom. The molecule has 1 atom stereocenters. The standard InChI is InChI=1S/C14H17BrN2O4/c15-9-4-5-12(11(7-9)13(18)19)17-14(20)16-8-10-3-1-2-6-21-10/h4-5,7,10H,1-3,6,8H2,(H,18,19)(H2,16,17,20). The van der Waals surface area contributed by atoms with Crippen molar-refractivity contribution in [2.75, 3.05) is 18.5 Å². The molecule has 6 nitrogen and oxygen atoms in total. The van der Waals surface area contributed by atoms with Crippen LogP contribution in [0.25, 0.3) is 0 Å². The summed E-state index contributed by atoms with van der Waals surface area (Å²) in [6, 6.07) is 4.23. The van der Waals surface area contributed by atoms with Crippen LogP contribution < -0.4 is 10.6 Å². The Morgan fingerprint density at radius 1 is 1.38 bits per heavy atom. The van der Waals surface area contributed by atoms with Crippen molar-refractivity contribution >= 4 is 33.6 Å². The number of carbonyl (C=O) groups excluding carboxylic acids is 1. The quantitative estimate of drug-likeness (QED) is 0.773. The van der Waals surface area contributed by atoms with E-state index < -0.39 is 12.0 Å². The molecule has 21 heavy (non-hydrogen) atoms. The van der Waals surface area contributed by atoms with Gasteiger partial charge in [-0.05, 0) is 37.5 Å². The molecule has 114 valence electrons. The van der Waals surface area contributed by atoms with Gasteiger partial charge in [-0.25, -0.2) is 9.59 Å². The van der Waals surface area contributed by atoms with Crippen molar-refractivity contribution < 1.29 is 19.4 Å². The summed E-state index contributed by atoms with van der Waals surface area (Å²) in [6.45, 7) is 1.15. The number of benzene rings is 1. The van der Waals surface area contributed by atoms with Crippen molar-refractivity contribution in [1.82, 2.24) is 5.32 Å². The number of ether oxygens (including phenoxy) is 1. The van der Waals surface area contributed by atoms with Gasteiger partial charge in [-0.3, -0.25) is 0 Å². The van der Waals surface area contributed by atoms with E-state index in [9.17, 15) is 9.59 Å². The summed E-state index contributed by atoms with van der Waals surface area (Å²) in [7, 11) is 0. The lowest BCUT2D eigenvalue weighted by Gasteiger charge is -2.22. The van der Waals surface area contributed by atoms with Gasteiger partial charge in [-0.15, -0.1) is 0 Å². The fraction of sp³-hybridized carbons (Fsp3) is 0.429. The molecule has 1 heterocycles. The maximum Gasteiger partial charge on any atom is 0.337 e. The maximum absolute atomic E-state index is 11.8. The summed E-state index contributed by atoms with van der Waals surface area (Å²) in [6.07, 6.45) is 3.13. The van der Waals surface area contributed by atoms with Gasteiger partial charge in [-0.1, -0.05) is 15.9 Å². The molecule has 1 aromatic carbocycles. The smallest absolute Gasteiger partial charge is 0.337 e. The number of rotatable bonds is 4. The van der Waals surface area contributed by atoms with E-state index in [1.165, 1.54) is 6.07 Å². The molecule has 1 aliphatic heterocycles. The molecule has 3 N–H and O–H groups in total. The Hall–Kier alpha value is -1.60. The van der Waals surface area contributed by atoms with Crippen molar-refractivity contribution in [2.45, 2.75) is 25.4 Å². The van der Waals surface area contributed by atoms with E-state index in [4.69, 9.17) is 9.84 Å². The molecule has 2 rings (SSSR count). The van der Waals surface area contributed by atoms with Crippen LogP contribution in [0.2, 0.25) is 0 Å². The molecule has 0 spiro atoms. The number of carboxylic acids is 1. The van der Waals surface area contributed by atoms with Gasteiger partial charge in [-0.2, -0.15) is 0 Å². The van der Waals surface area contributed by atoms with Crippen LogP contribution in [-0.2, 0) is 4.74 Å². The highest BCUT2D eigenvalue weighted by Gasteiger charge is 2.16. The number of carboxylic acid groups (broad SMARTS) is 1. The molecule has 0 aromatic heterocycles. The largest absolute Gasteiger partial charge is 0.478 e. The molecule has 0 saturated carbocycles. The Kier molecular flexibility index (Phi) is 5.58. The predicted octanol–water partition coefficient (Wildman–Crippen LogP) is 2.84. The van der Waals surface area contributed by atoms with Gasteiger partial charge in [0.15, 0.2) is 0 Å². The van der Waals surface area contributed by atoms with Crippen molar-refractivity contribution in [2.24, 2.45) is 0 Å². The third-order valence-corrected chi connectivity index (χ3v) is 3.72. The van der Waals surface area contributed by atoms with E-state index in [0.29, 0.717) is 11.0 Å². The first-order valence-corrected chi connectivity index (χ1v) is 7.55.